The van der Waals surface area contributed by atoms with Gasteiger partial charge in [-0.05, 0) is 81.0 Å². The first-order chi connectivity index (χ1) is 15.0. The van der Waals surface area contributed by atoms with Gasteiger partial charge in [-0.1, -0.05) is 17.7 Å². The second kappa shape index (κ2) is 8.76. The van der Waals surface area contributed by atoms with Crippen LogP contribution < -0.4 is 15.6 Å². The van der Waals surface area contributed by atoms with Crippen molar-refractivity contribution in [3.63, 3.8) is 0 Å². The van der Waals surface area contributed by atoms with Crippen molar-refractivity contribution in [3.05, 3.63) is 75.1 Å². The number of hydrogen-bond donors (Lipinski definition) is 1. The molecule has 1 aromatic heterocycles. The SMILES string of the molecule is COc1ccc(NC(=O)Cn2nc(-c3cc(C)ccc3C)c3c(c2=O)CCCC3)cc1. The smallest absolute Gasteiger partial charge is 0.270 e. The number of nitrogens with zero attached hydrogens (tertiary/aromatic N) is 2. The number of rotatable bonds is 5. The van der Waals surface area contributed by atoms with E-state index in [9.17, 15) is 9.59 Å². The number of amides is 1. The molecule has 1 N–H and O–H groups in total. The van der Waals surface area contributed by atoms with Crippen molar-refractivity contribution in [1.82, 2.24) is 9.78 Å². The largest absolute Gasteiger partial charge is 0.497 e. The van der Waals surface area contributed by atoms with Crippen LogP contribution in [0.5, 0.6) is 5.75 Å². The lowest BCUT2D eigenvalue weighted by Gasteiger charge is -2.21. The Bertz CT molecular complexity index is 1180. The Balaban J connectivity index is 1.69. The van der Waals surface area contributed by atoms with Crippen LogP contribution in [0.1, 0.15) is 35.1 Å². The molecule has 6 nitrogen and oxygen atoms in total. The first-order valence-electron chi connectivity index (χ1n) is 10.6. The summed E-state index contributed by atoms with van der Waals surface area (Å²) < 4.78 is 6.46. The molecule has 4 rings (SSSR count). The summed E-state index contributed by atoms with van der Waals surface area (Å²) in [5.41, 5.74) is 6.43. The van der Waals surface area contributed by atoms with Gasteiger partial charge in [0.15, 0.2) is 0 Å². The summed E-state index contributed by atoms with van der Waals surface area (Å²) in [6.45, 7) is 3.97. The third-order valence-electron chi connectivity index (χ3n) is 5.78. The maximum Gasteiger partial charge on any atom is 0.270 e. The molecule has 6 heteroatoms. The third kappa shape index (κ3) is 4.38. The van der Waals surface area contributed by atoms with E-state index in [0.717, 1.165) is 59.2 Å². The van der Waals surface area contributed by atoms with Gasteiger partial charge in [0.25, 0.3) is 5.56 Å². The average Bonchev–Trinajstić information content (AvgIpc) is 2.78. The lowest BCUT2D eigenvalue weighted by molar-refractivity contribution is -0.117. The van der Waals surface area contributed by atoms with E-state index in [1.165, 1.54) is 4.68 Å². The number of anilines is 1. The molecule has 0 radical (unpaired) electrons. The number of benzene rings is 2. The molecule has 31 heavy (non-hydrogen) atoms. The Morgan fingerprint density at radius 1 is 1.06 bits per heavy atom. The normalized spacial score (nSPS) is 12.9. The molecule has 0 bridgehead atoms. The van der Waals surface area contributed by atoms with E-state index in [1.807, 2.05) is 6.92 Å². The highest BCUT2D eigenvalue weighted by Gasteiger charge is 2.23. The predicted molar refractivity (Wildman–Crippen MR) is 122 cm³/mol. The fourth-order valence-corrected chi connectivity index (χ4v) is 4.11. The van der Waals surface area contributed by atoms with E-state index in [2.05, 4.69) is 30.4 Å². The molecule has 0 saturated heterocycles. The maximum atomic E-state index is 13.1. The van der Waals surface area contributed by atoms with E-state index < -0.39 is 0 Å². The number of aryl methyl sites for hydroxylation is 2. The zero-order chi connectivity index (χ0) is 22.0. The van der Waals surface area contributed by atoms with E-state index in [0.29, 0.717) is 11.4 Å². The molecule has 1 aliphatic carbocycles. The van der Waals surface area contributed by atoms with E-state index in [1.54, 1.807) is 31.4 Å². The van der Waals surface area contributed by atoms with E-state index >= 15 is 0 Å². The maximum absolute atomic E-state index is 13.1. The minimum Gasteiger partial charge on any atom is -0.497 e. The zero-order valence-corrected chi connectivity index (χ0v) is 18.2. The zero-order valence-electron chi connectivity index (χ0n) is 18.2. The number of ether oxygens (including phenoxy) is 1. The minimum atomic E-state index is -0.289. The molecule has 1 heterocycles. The molecule has 1 amide bonds. The van der Waals surface area contributed by atoms with Crippen LogP contribution >= 0.6 is 0 Å². The molecule has 0 saturated carbocycles. The fourth-order valence-electron chi connectivity index (χ4n) is 4.11. The number of nitrogens with one attached hydrogen (secondary N) is 1. The Labute approximate surface area is 181 Å². The quantitative estimate of drug-likeness (QED) is 0.680. The number of fused-ring (bicyclic) bond motifs is 1. The Morgan fingerprint density at radius 2 is 1.77 bits per heavy atom. The van der Waals surface area contributed by atoms with Crippen LogP contribution in [0, 0.1) is 13.8 Å². The standard InChI is InChI=1S/C25H27N3O3/c1-16-8-9-17(2)22(14-16)24-20-6-4-5-7-21(20)25(30)28(27-24)15-23(29)26-18-10-12-19(31-3)13-11-18/h8-14H,4-7,15H2,1-3H3,(H,26,29). The summed E-state index contributed by atoms with van der Waals surface area (Å²) in [5.74, 6) is 0.422. The highest BCUT2D eigenvalue weighted by molar-refractivity contribution is 5.90. The average molecular weight is 418 g/mol. The number of carbonyl (C=O) groups excluding carboxylic acids is 1. The van der Waals surface area contributed by atoms with Crippen molar-refractivity contribution in [3.8, 4) is 17.0 Å². The lowest BCUT2D eigenvalue weighted by Crippen LogP contribution is -2.34. The highest BCUT2D eigenvalue weighted by Crippen LogP contribution is 2.30. The summed E-state index contributed by atoms with van der Waals surface area (Å²) in [7, 11) is 1.59. The number of carbonyl (C=O) groups is 1. The molecular formula is C25H27N3O3. The number of aromatic nitrogens is 2. The van der Waals surface area contributed by atoms with E-state index in [-0.39, 0.29) is 18.0 Å². The molecule has 0 unspecified atom stereocenters. The molecule has 0 atom stereocenters. The molecule has 2 aromatic carbocycles. The molecular weight excluding hydrogens is 390 g/mol. The van der Waals surface area contributed by atoms with Gasteiger partial charge in [0.2, 0.25) is 5.91 Å². The van der Waals surface area contributed by atoms with Crippen molar-refractivity contribution < 1.29 is 9.53 Å². The van der Waals surface area contributed by atoms with Crippen molar-refractivity contribution in [2.24, 2.45) is 0 Å². The Hall–Kier alpha value is -3.41. The van der Waals surface area contributed by atoms with Crippen molar-refractivity contribution in [1.29, 1.82) is 0 Å². The molecule has 1 aliphatic rings. The predicted octanol–water partition coefficient (Wildman–Crippen LogP) is 4.05. The van der Waals surface area contributed by atoms with Crippen LogP contribution in [0.25, 0.3) is 11.3 Å². The van der Waals surface area contributed by atoms with E-state index in [4.69, 9.17) is 9.84 Å². The summed E-state index contributed by atoms with van der Waals surface area (Å²) in [5, 5.41) is 7.52. The molecule has 3 aromatic rings. The summed E-state index contributed by atoms with van der Waals surface area (Å²) >= 11 is 0. The molecule has 0 spiro atoms. The van der Waals surface area contributed by atoms with Crippen molar-refractivity contribution >= 4 is 11.6 Å². The van der Waals surface area contributed by atoms with Crippen LogP contribution in [-0.4, -0.2) is 22.8 Å². The fraction of sp³-hybridized carbons (Fsp3) is 0.320. The second-order valence-corrected chi connectivity index (χ2v) is 8.07. The van der Waals surface area contributed by atoms with Crippen molar-refractivity contribution in [2.45, 2.75) is 46.1 Å². The van der Waals surface area contributed by atoms with Crippen LogP contribution in [0.3, 0.4) is 0 Å². The van der Waals surface area contributed by atoms with Gasteiger partial charge in [-0.2, -0.15) is 5.10 Å². The van der Waals surface area contributed by atoms with Crippen LogP contribution in [0.4, 0.5) is 5.69 Å². The van der Waals surface area contributed by atoms with Crippen molar-refractivity contribution in [2.75, 3.05) is 12.4 Å². The molecule has 0 fully saturated rings. The van der Waals surface area contributed by atoms with Crippen LogP contribution in [-0.2, 0) is 24.2 Å². The number of hydrogen-bond acceptors (Lipinski definition) is 4. The summed E-state index contributed by atoms with van der Waals surface area (Å²) in [6, 6.07) is 13.3. The van der Waals surface area contributed by atoms with Crippen LogP contribution in [0.2, 0.25) is 0 Å². The van der Waals surface area contributed by atoms with Gasteiger partial charge in [-0.15, -0.1) is 0 Å². The van der Waals surface area contributed by atoms with Gasteiger partial charge < -0.3 is 10.1 Å². The summed E-state index contributed by atoms with van der Waals surface area (Å²) in [4.78, 5) is 25.8. The van der Waals surface area contributed by atoms with Gasteiger partial charge in [-0.3, -0.25) is 9.59 Å². The molecule has 160 valence electrons. The first-order valence-corrected chi connectivity index (χ1v) is 10.6. The highest BCUT2D eigenvalue weighted by atomic mass is 16.5. The monoisotopic (exact) mass is 417 g/mol. The van der Waals surface area contributed by atoms with Gasteiger partial charge in [-0.25, -0.2) is 4.68 Å². The second-order valence-electron chi connectivity index (χ2n) is 8.07. The third-order valence-corrected chi connectivity index (χ3v) is 5.78. The Morgan fingerprint density at radius 3 is 2.48 bits per heavy atom. The first kappa shape index (κ1) is 20.8. The Kier molecular flexibility index (Phi) is 5.89. The van der Waals surface area contributed by atoms with Gasteiger partial charge in [0.05, 0.1) is 12.8 Å². The molecule has 0 aliphatic heterocycles. The lowest BCUT2D eigenvalue weighted by atomic mass is 9.88. The topological polar surface area (TPSA) is 73.2 Å². The summed E-state index contributed by atoms with van der Waals surface area (Å²) in [6.07, 6.45) is 3.61. The van der Waals surface area contributed by atoms with Gasteiger partial charge in [0.1, 0.15) is 12.3 Å². The number of methoxy groups -OCH3 is 1. The van der Waals surface area contributed by atoms with Gasteiger partial charge in [0, 0.05) is 16.8 Å². The van der Waals surface area contributed by atoms with Gasteiger partial charge >= 0.3 is 0 Å². The van der Waals surface area contributed by atoms with Crippen LogP contribution in [0.15, 0.2) is 47.3 Å². The minimum absolute atomic E-state index is 0.129.